The van der Waals surface area contributed by atoms with Crippen molar-refractivity contribution in [3.63, 3.8) is 0 Å². The number of ether oxygens (including phenoxy) is 1. The Bertz CT molecular complexity index is 1810. The van der Waals surface area contributed by atoms with Gasteiger partial charge < -0.3 is 4.74 Å². The van der Waals surface area contributed by atoms with E-state index >= 15 is 0 Å². The van der Waals surface area contributed by atoms with Crippen molar-refractivity contribution < 1.29 is 14.5 Å². The molecule has 43 heavy (non-hydrogen) atoms. The molecule has 0 N–H and O–H groups in total. The number of hydrogen-bond acceptors (Lipinski definition) is 5. The van der Waals surface area contributed by atoms with Crippen LogP contribution >= 0.6 is 23.5 Å². The summed E-state index contributed by atoms with van der Waals surface area (Å²) in [6, 6.07) is 50.2. The smallest absolute Gasteiger partial charge is 0.184 e. The van der Waals surface area contributed by atoms with Gasteiger partial charge in [0.25, 0.3) is 0 Å². The lowest BCUT2D eigenvalue weighted by Crippen LogP contribution is -2.42. The van der Waals surface area contributed by atoms with Crippen LogP contribution in [0.1, 0.15) is 33.4 Å². The molecule has 0 saturated carbocycles. The quantitative estimate of drug-likeness (QED) is 0.164. The van der Waals surface area contributed by atoms with E-state index in [0.29, 0.717) is 0 Å². The molecular formula is C38H24O3S2. The molecule has 3 heterocycles. The van der Waals surface area contributed by atoms with E-state index in [1.165, 1.54) is 0 Å². The topological polar surface area (TPSA) is 27.7 Å². The predicted molar refractivity (Wildman–Crippen MR) is 169 cm³/mol. The summed E-state index contributed by atoms with van der Waals surface area (Å²) in [7, 11) is 0. The number of fused-ring (bicyclic) bond motifs is 12. The second kappa shape index (κ2) is 9.63. The first-order valence-electron chi connectivity index (χ1n) is 14.3. The van der Waals surface area contributed by atoms with Gasteiger partial charge in [0.15, 0.2) is 11.2 Å². The first-order valence-corrected chi connectivity index (χ1v) is 15.9. The van der Waals surface area contributed by atoms with Crippen LogP contribution in [0.2, 0.25) is 0 Å². The summed E-state index contributed by atoms with van der Waals surface area (Å²) in [5, 5.41) is 0. The van der Waals surface area contributed by atoms with Crippen LogP contribution in [-0.2, 0) is 21.0 Å². The van der Waals surface area contributed by atoms with E-state index in [1.54, 1.807) is 23.5 Å². The molecule has 9 rings (SSSR count). The monoisotopic (exact) mass is 592 g/mol. The molecule has 3 aliphatic heterocycles. The minimum atomic E-state index is -1.11. The molecule has 5 heteroatoms. The van der Waals surface area contributed by atoms with Gasteiger partial charge in [0.2, 0.25) is 0 Å². The van der Waals surface area contributed by atoms with Crippen LogP contribution < -0.4 is 4.74 Å². The summed E-state index contributed by atoms with van der Waals surface area (Å²) in [6.07, 6.45) is 0. The SMILES string of the molecule is c1ccc2c(c1)Oc1ccccc1C1(OOC23c2ccccc2Sc2ccccc23)c2ccccc2Sc2ccccc21. The second-order valence-corrected chi connectivity index (χ2v) is 13.0. The number of benzene rings is 6. The Balaban J connectivity index is 1.42. The molecule has 0 fully saturated rings. The number of hydrogen-bond donors (Lipinski definition) is 0. The molecule has 0 aromatic heterocycles. The molecule has 0 saturated heterocycles. The van der Waals surface area contributed by atoms with Gasteiger partial charge in [-0.05, 0) is 36.4 Å². The van der Waals surface area contributed by atoms with Crippen molar-refractivity contribution >= 4 is 23.5 Å². The Morgan fingerprint density at radius 3 is 0.953 bits per heavy atom. The van der Waals surface area contributed by atoms with Gasteiger partial charge in [-0.15, -0.1) is 0 Å². The molecular weight excluding hydrogens is 569 g/mol. The van der Waals surface area contributed by atoms with Crippen LogP contribution in [0.4, 0.5) is 0 Å². The van der Waals surface area contributed by atoms with Gasteiger partial charge >= 0.3 is 0 Å². The first kappa shape index (κ1) is 25.3. The molecule has 0 amide bonds. The van der Waals surface area contributed by atoms with Crippen molar-refractivity contribution in [3.05, 3.63) is 179 Å². The lowest BCUT2D eigenvalue weighted by molar-refractivity contribution is -0.389. The maximum atomic E-state index is 7.23. The van der Waals surface area contributed by atoms with Crippen molar-refractivity contribution in [2.45, 2.75) is 30.8 Å². The van der Waals surface area contributed by atoms with Crippen LogP contribution in [-0.4, -0.2) is 0 Å². The summed E-state index contributed by atoms with van der Waals surface area (Å²) < 4.78 is 7.00. The van der Waals surface area contributed by atoms with Crippen LogP contribution in [0.3, 0.4) is 0 Å². The Morgan fingerprint density at radius 1 is 0.326 bits per heavy atom. The third-order valence-electron chi connectivity index (χ3n) is 8.55. The van der Waals surface area contributed by atoms with Crippen LogP contribution in [0.5, 0.6) is 11.5 Å². The summed E-state index contributed by atoms with van der Waals surface area (Å²) in [6.45, 7) is 0. The Morgan fingerprint density at radius 2 is 0.605 bits per heavy atom. The molecule has 6 aromatic carbocycles. The predicted octanol–water partition coefficient (Wildman–Crippen LogP) is 9.95. The van der Waals surface area contributed by atoms with Crippen molar-refractivity contribution in [1.82, 2.24) is 0 Å². The Labute approximate surface area is 258 Å². The van der Waals surface area contributed by atoms with Crippen molar-refractivity contribution in [2.75, 3.05) is 0 Å². The van der Waals surface area contributed by atoms with Crippen LogP contribution in [0.15, 0.2) is 165 Å². The van der Waals surface area contributed by atoms with Crippen LogP contribution in [0.25, 0.3) is 0 Å². The summed E-state index contributed by atoms with van der Waals surface area (Å²) in [4.78, 5) is 18.9. The average molecular weight is 593 g/mol. The minimum Gasteiger partial charge on any atom is -0.457 e. The fourth-order valence-corrected chi connectivity index (χ4v) is 9.05. The standard InChI is InChI=1S/C38H24O3S2/c1-7-19-31-25(13-1)37(27-15-3-9-21-33(27)42-34-22-10-4-16-28(34)37)40-41-38(26-14-2-8-20-32(26)39-31)29-17-5-11-23-35(29)43-36-24-12-6-18-30(36)38/h1-24H. The lowest BCUT2D eigenvalue weighted by atomic mass is 9.79. The van der Waals surface area contributed by atoms with Gasteiger partial charge in [0.05, 0.1) is 0 Å². The van der Waals surface area contributed by atoms with E-state index in [1.807, 2.05) is 36.4 Å². The summed E-state index contributed by atoms with van der Waals surface area (Å²) in [5.74, 6) is 1.44. The highest BCUT2D eigenvalue weighted by atomic mass is 32.2. The highest BCUT2D eigenvalue weighted by Crippen LogP contribution is 2.60. The minimum absolute atomic E-state index is 0.721. The normalized spacial score (nSPS) is 16.6. The molecule has 0 unspecified atom stereocenters. The molecule has 0 aliphatic carbocycles. The van der Waals surface area contributed by atoms with E-state index in [9.17, 15) is 0 Å². The number of rotatable bonds is 0. The third-order valence-corrected chi connectivity index (χ3v) is 10.9. The van der Waals surface area contributed by atoms with E-state index in [4.69, 9.17) is 14.5 Å². The summed E-state index contributed by atoms with van der Waals surface area (Å²) >= 11 is 3.51. The summed E-state index contributed by atoms with van der Waals surface area (Å²) in [5.41, 5.74) is 3.61. The van der Waals surface area contributed by atoms with E-state index in [0.717, 1.165) is 64.5 Å². The molecule has 0 bridgehead atoms. The number of para-hydroxylation sites is 2. The maximum absolute atomic E-state index is 7.23. The zero-order valence-electron chi connectivity index (χ0n) is 22.9. The second-order valence-electron chi connectivity index (χ2n) is 10.8. The van der Waals surface area contributed by atoms with Gasteiger partial charge in [-0.2, -0.15) is 0 Å². The van der Waals surface area contributed by atoms with Crippen molar-refractivity contribution in [3.8, 4) is 11.5 Å². The van der Waals surface area contributed by atoms with Gasteiger partial charge in [-0.25, -0.2) is 9.78 Å². The van der Waals surface area contributed by atoms with Gasteiger partial charge in [-0.3, -0.25) is 0 Å². The average Bonchev–Trinajstić information content (AvgIpc) is 3.11. The van der Waals surface area contributed by atoms with Crippen molar-refractivity contribution in [1.29, 1.82) is 0 Å². The van der Waals surface area contributed by atoms with Crippen LogP contribution in [0, 0.1) is 0 Å². The van der Waals surface area contributed by atoms with E-state index in [2.05, 4.69) is 109 Å². The van der Waals surface area contributed by atoms with Crippen molar-refractivity contribution in [2.24, 2.45) is 0 Å². The Kier molecular flexibility index (Phi) is 5.66. The van der Waals surface area contributed by atoms with Gasteiger partial charge in [-0.1, -0.05) is 133 Å². The maximum Gasteiger partial charge on any atom is 0.184 e. The zero-order chi connectivity index (χ0) is 28.4. The van der Waals surface area contributed by atoms with Gasteiger partial charge in [0, 0.05) is 53.0 Å². The molecule has 0 radical (unpaired) electrons. The molecule has 6 aromatic rings. The Hall–Kier alpha value is -4.26. The first-order chi connectivity index (χ1) is 21.3. The third kappa shape index (κ3) is 3.54. The zero-order valence-corrected chi connectivity index (χ0v) is 24.5. The molecule has 3 nitrogen and oxygen atoms in total. The molecule has 3 aliphatic rings. The highest BCUT2D eigenvalue weighted by molar-refractivity contribution is 7.99. The molecule has 0 atom stereocenters. The lowest BCUT2D eigenvalue weighted by Gasteiger charge is -2.44. The largest absolute Gasteiger partial charge is 0.457 e. The fourth-order valence-electron chi connectivity index (χ4n) is 6.70. The van der Waals surface area contributed by atoms with Gasteiger partial charge in [0.1, 0.15) is 11.5 Å². The fraction of sp³-hybridized carbons (Fsp3) is 0.0526. The molecule has 206 valence electrons. The van der Waals surface area contributed by atoms with E-state index < -0.39 is 11.2 Å². The highest BCUT2D eigenvalue weighted by Gasteiger charge is 2.53. The molecule has 2 spiro atoms. The van der Waals surface area contributed by atoms with E-state index in [-0.39, 0.29) is 0 Å².